The lowest BCUT2D eigenvalue weighted by Gasteiger charge is -2.40. The van der Waals surface area contributed by atoms with Crippen LogP contribution < -0.4 is 20.0 Å². The van der Waals surface area contributed by atoms with Gasteiger partial charge in [0.15, 0.2) is 0 Å². The zero-order chi connectivity index (χ0) is 32.7. The van der Waals surface area contributed by atoms with E-state index >= 15 is 0 Å². The molecule has 0 saturated carbocycles. The van der Waals surface area contributed by atoms with Gasteiger partial charge in [-0.15, -0.1) is 0 Å². The van der Waals surface area contributed by atoms with Crippen LogP contribution in [0.4, 0.5) is 11.4 Å². The quantitative estimate of drug-likeness (QED) is 0.139. The second-order valence-corrected chi connectivity index (χ2v) is 12.2. The van der Waals surface area contributed by atoms with Crippen molar-refractivity contribution < 1.29 is 10.2 Å². The third-order valence-electron chi connectivity index (χ3n) is 8.82. The van der Waals surface area contributed by atoms with Gasteiger partial charge in [-0.3, -0.25) is 0 Å². The van der Waals surface area contributed by atoms with Crippen LogP contribution in [0.25, 0.3) is 11.1 Å². The molecule has 0 amide bonds. The number of allylic oxidation sites excluding steroid dienone is 2. The maximum absolute atomic E-state index is 13.5. The maximum Gasteiger partial charge on any atom is 0.0433 e. The van der Waals surface area contributed by atoms with Gasteiger partial charge in [0.05, 0.1) is 0 Å². The van der Waals surface area contributed by atoms with Crippen LogP contribution in [0.3, 0.4) is 0 Å². The zero-order valence-electron chi connectivity index (χ0n) is 26.7. The van der Waals surface area contributed by atoms with E-state index in [2.05, 4.69) is 107 Å². The number of rotatable bonds is 12. The Morgan fingerprint density at radius 3 is 0.812 bits per heavy atom. The van der Waals surface area contributed by atoms with Gasteiger partial charge >= 0.3 is 0 Å². The van der Waals surface area contributed by atoms with Crippen molar-refractivity contribution in [3.8, 4) is 0 Å². The number of benzene rings is 6. The molecular formula is C44H36N2O2-2. The predicted molar refractivity (Wildman–Crippen MR) is 192 cm³/mol. The summed E-state index contributed by atoms with van der Waals surface area (Å²) in [5.41, 5.74) is 8.74. The molecule has 0 fully saturated rings. The molecule has 6 aromatic carbocycles. The van der Waals surface area contributed by atoms with Crippen molar-refractivity contribution >= 4 is 22.5 Å². The minimum atomic E-state index is -0.198. The molecule has 0 aliphatic heterocycles. The third kappa shape index (κ3) is 6.89. The molecule has 0 radical (unpaired) electrons. The van der Waals surface area contributed by atoms with E-state index in [9.17, 15) is 10.2 Å². The van der Waals surface area contributed by atoms with E-state index in [-0.39, 0.29) is 22.7 Å². The monoisotopic (exact) mass is 624 g/mol. The Kier molecular flexibility index (Phi) is 9.06. The highest BCUT2D eigenvalue weighted by atomic mass is 16.3. The van der Waals surface area contributed by atoms with Crippen LogP contribution in [0.1, 0.15) is 33.4 Å². The minimum absolute atomic E-state index is 0.198. The molecule has 0 N–H and O–H groups in total. The maximum atomic E-state index is 13.5. The number of nitrogens with zero attached hydrogens (tertiary/aromatic N) is 2. The summed E-state index contributed by atoms with van der Waals surface area (Å²) in [4.78, 5) is 4.61. The molecule has 0 heterocycles. The van der Waals surface area contributed by atoms with Crippen LogP contribution in [-0.2, 0) is 26.2 Å². The standard InChI is InChI=1S/C44H38N2O2/c47-43-41(37-21-25-39(26-22-37)45(29-33-13-5-1-6-14-33)30-34-15-7-2-8-16-34)44(48)42(43)38-23-27-40(28-24-38)46(31-35-17-9-3-10-18-35)32-36-19-11-4-12-20-36/h1-28,47-48H,29-32H2/p-2. The molecular weight excluding hydrogens is 588 g/mol. The van der Waals surface area contributed by atoms with Gasteiger partial charge < -0.3 is 20.0 Å². The summed E-state index contributed by atoms with van der Waals surface area (Å²) >= 11 is 0. The lowest BCUT2D eigenvalue weighted by atomic mass is 9.84. The fourth-order valence-electron chi connectivity index (χ4n) is 6.29. The lowest BCUT2D eigenvalue weighted by Crippen LogP contribution is -2.27. The number of hydrogen-bond acceptors (Lipinski definition) is 4. The second kappa shape index (κ2) is 14.2. The van der Waals surface area contributed by atoms with Gasteiger partial charge in [0.2, 0.25) is 0 Å². The van der Waals surface area contributed by atoms with E-state index in [0.717, 1.165) is 37.6 Å². The smallest absolute Gasteiger partial charge is 0.0433 e. The van der Waals surface area contributed by atoms with Crippen LogP contribution in [0.2, 0.25) is 0 Å². The van der Waals surface area contributed by atoms with Crippen molar-refractivity contribution in [2.24, 2.45) is 0 Å². The first-order valence-corrected chi connectivity index (χ1v) is 16.3. The third-order valence-corrected chi connectivity index (χ3v) is 8.82. The van der Waals surface area contributed by atoms with Gasteiger partial charge in [0, 0.05) is 37.6 Å². The van der Waals surface area contributed by atoms with Crippen molar-refractivity contribution in [2.45, 2.75) is 26.2 Å². The van der Waals surface area contributed by atoms with Crippen molar-refractivity contribution in [2.75, 3.05) is 9.80 Å². The van der Waals surface area contributed by atoms with Crippen molar-refractivity contribution in [1.82, 2.24) is 0 Å². The van der Waals surface area contributed by atoms with E-state index < -0.39 is 0 Å². The van der Waals surface area contributed by atoms with Crippen molar-refractivity contribution in [3.63, 3.8) is 0 Å². The summed E-state index contributed by atoms with van der Waals surface area (Å²) in [6, 6.07) is 57.2. The molecule has 0 saturated heterocycles. The lowest BCUT2D eigenvalue weighted by molar-refractivity contribution is -0.316. The minimum Gasteiger partial charge on any atom is -0.872 e. The molecule has 6 aromatic rings. The summed E-state index contributed by atoms with van der Waals surface area (Å²) in [7, 11) is 0. The van der Waals surface area contributed by atoms with Gasteiger partial charge in [-0.05, 0) is 68.8 Å². The highest BCUT2D eigenvalue weighted by Crippen LogP contribution is 2.42. The molecule has 0 bridgehead atoms. The van der Waals surface area contributed by atoms with Crippen LogP contribution >= 0.6 is 0 Å². The first-order chi connectivity index (χ1) is 23.6. The molecule has 0 aromatic heterocycles. The van der Waals surface area contributed by atoms with Gasteiger partial charge in [-0.25, -0.2) is 0 Å². The molecule has 7 rings (SSSR count). The zero-order valence-corrected chi connectivity index (χ0v) is 26.7. The molecule has 0 atom stereocenters. The summed E-state index contributed by atoms with van der Waals surface area (Å²) in [6.45, 7) is 2.97. The normalized spacial score (nSPS) is 12.5. The Bertz CT molecular complexity index is 1760. The second-order valence-electron chi connectivity index (χ2n) is 12.2. The van der Waals surface area contributed by atoms with E-state index in [1.54, 1.807) is 0 Å². The average molecular weight is 625 g/mol. The van der Waals surface area contributed by atoms with Crippen molar-refractivity contribution in [1.29, 1.82) is 0 Å². The molecule has 1 aliphatic rings. The SMILES string of the molecule is [O-]C1=C(c2ccc(N(Cc3ccccc3)Cc3ccccc3)cc2)C([O-])=C1c1ccc(N(Cc2ccccc2)Cc2ccccc2)cc1. The Labute approximate surface area is 282 Å². The average Bonchev–Trinajstić information content (AvgIpc) is 3.14. The predicted octanol–water partition coefficient (Wildman–Crippen LogP) is 7.96. The largest absolute Gasteiger partial charge is 0.872 e. The number of hydrogen-bond donors (Lipinski definition) is 0. The van der Waals surface area contributed by atoms with E-state index in [1.165, 1.54) is 22.3 Å². The highest BCUT2D eigenvalue weighted by molar-refractivity contribution is 6.05. The van der Waals surface area contributed by atoms with Crippen molar-refractivity contribution in [3.05, 3.63) is 215 Å². The number of anilines is 2. The van der Waals surface area contributed by atoms with Gasteiger partial charge in [-0.1, -0.05) is 157 Å². The first-order valence-electron chi connectivity index (χ1n) is 16.3. The van der Waals surface area contributed by atoms with E-state index in [1.807, 2.05) is 72.8 Å². The molecule has 0 spiro atoms. The molecule has 236 valence electrons. The molecule has 1 aliphatic carbocycles. The first kappa shape index (κ1) is 30.6. The Morgan fingerprint density at radius 1 is 0.312 bits per heavy atom. The van der Waals surface area contributed by atoms with E-state index in [0.29, 0.717) is 11.1 Å². The van der Waals surface area contributed by atoms with Gasteiger partial charge in [0.25, 0.3) is 0 Å². The molecule has 0 unspecified atom stereocenters. The molecule has 48 heavy (non-hydrogen) atoms. The summed E-state index contributed by atoms with van der Waals surface area (Å²) in [5, 5.41) is 26.9. The molecule has 4 nitrogen and oxygen atoms in total. The van der Waals surface area contributed by atoms with Crippen LogP contribution in [-0.4, -0.2) is 0 Å². The highest BCUT2D eigenvalue weighted by Gasteiger charge is 2.20. The van der Waals surface area contributed by atoms with Gasteiger partial charge in [0.1, 0.15) is 0 Å². The summed E-state index contributed by atoms with van der Waals surface area (Å²) in [6.07, 6.45) is 0. The fourth-order valence-corrected chi connectivity index (χ4v) is 6.29. The Morgan fingerprint density at radius 2 is 0.562 bits per heavy atom. The topological polar surface area (TPSA) is 52.6 Å². The molecule has 4 heteroatoms. The van der Waals surface area contributed by atoms with Crippen LogP contribution in [0, 0.1) is 0 Å². The fraction of sp³-hybridized carbons (Fsp3) is 0.0909. The summed E-state index contributed by atoms with van der Waals surface area (Å²) < 4.78 is 0. The van der Waals surface area contributed by atoms with Gasteiger partial charge in [-0.2, -0.15) is 0 Å². The Balaban J connectivity index is 1.09. The van der Waals surface area contributed by atoms with E-state index in [4.69, 9.17) is 0 Å². The van der Waals surface area contributed by atoms with Crippen LogP contribution in [0.15, 0.2) is 181 Å². The Hall–Kier alpha value is -6.00. The van der Waals surface area contributed by atoms with Crippen LogP contribution in [0.5, 0.6) is 0 Å². The summed E-state index contributed by atoms with van der Waals surface area (Å²) in [5.74, 6) is -0.396.